The van der Waals surface area contributed by atoms with E-state index in [0.29, 0.717) is 17.8 Å². The first-order valence-corrected chi connectivity index (χ1v) is 7.07. The van der Waals surface area contributed by atoms with E-state index >= 15 is 0 Å². The van der Waals surface area contributed by atoms with Crippen molar-refractivity contribution in [1.82, 2.24) is 10.6 Å². The van der Waals surface area contributed by atoms with Crippen LogP contribution in [-0.2, 0) is 4.79 Å². The fraction of sp³-hybridized carbons (Fsp3) is 0.929. The van der Waals surface area contributed by atoms with E-state index in [1.165, 1.54) is 0 Å². The van der Waals surface area contributed by atoms with Crippen LogP contribution in [0.5, 0.6) is 0 Å². The quantitative estimate of drug-likeness (QED) is 0.783. The second-order valence-corrected chi connectivity index (χ2v) is 5.72. The van der Waals surface area contributed by atoms with Crippen molar-refractivity contribution in [2.75, 3.05) is 19.6 Å². The van der Waals surface area contributed by atoms with Crippen LogP contribution < -0.4 is 10.6 Å². The first-order chi connectivity index (χ1) is 8.09. The summed E-state index contributed by atoms with van der Waals surface area (Å²) in [7, 11) is 0. The van der Waals surface area contributed by atoms with E-state index in [4.69, 9.17) is 0 Å². The molecule has 18 heavy (non-hydrogen) atoms. The number of hydrogen-bond acceptors (Lipinski definition) is 2. The maximum Gasteiger partial charge on any atom is 0.220 e. The van der Waals surface area contributed by atoms with E-state index in [1.54, 1.807) is 0 Å². The molecule has 0 bridgehead atoms. The van der Waals surface area contributed by atoms with Gasteiger partial charge in [0.2, 0.25) is 5.91 Å². The molecule has 0 unspecified atom stereocenters. The molecule has 2 N–H and O–H groups in total. The van der Waals surface area contributed by atoms with Crippen LogP contribution >= 0.6 is 12.4 Å². The van der Waals surface area contributed by atoms with E-state index in [9.17, 15) is 4.79 Å². The van der Waals surface area contributed by atoms with Gasteiger partial charge < -0.3 is 10.6 Å². The van der Waals surface area contributed by atoms with Gasteiger partial charge in [0, 0.05) is 13.0 Å². The summed E-state index contributed by atoms with van der Waals surface area (Å²) in [5, 5.41) is 6.49. The molecule has 1 heterocycles. The van der Waals surface area contributed by atoms with Crippen molar-refractivity contribution in [2.45, 2.75) is 52.9 Å². The van der Waals surface area contributed by atoms with Crippen LogP contribution in [0.1, 0.15) is 52.9 Å². The number of halogens is 1. The summed E-state index contributed by atoms with van der Waals surface area (Å²) in [4.78, 5) is 11.8. The van der Waals surface area contributed by atoms with Crippen molar-refractivity contribution < 1.29 is 4.79 Å². The number of piperidine rings is 1. The van der Waals surface area contributed by atoms with Crippen molar-refractivity contribution in [2.24, 2.45) is 11.3 Å². The van der Waals surface area contributed by atoms with Crippen LogP contribution in [0.2, 0.25) is 0 Å². The Balaban J connectivity index is 0.00000289. The molecule has 4 heteroatoms. The average molecular weight is 277 g/mol. The van der Waals surface area contributed by atoms with Gasteiger partial charge in [-0.1, -0.05) is 33.6 Å². The van der Waals surface area contributed by atoms with Crippen LogP contribution in [0.4, 0.5) is 0 Å². The normalized spacial score (nSPS) is 18.2. The van der Waals surface area contributed by atoms with Gasteiger partial charge in [0.05, 0.1) is 0 Å². The van der Waals surface area contributed by atoms with Gasteiger partial charge in [-0.05, 0) is 37.3 Å². The summed E-state index contributed by atoms with van der Waals surface area (Å²) in [6, 6.07) is 0. The fourth-order valence-electron chi connectivity index (χ4n) is 2.43. The number of rotatable bonds is 6. The highest BCUT2D eigenvalue weighted by Crippen LogP contribution is 2.26. The Morgan fingerprint density at radius 1 is 1.28 bits per heavy atom. The van der Waals surface area contributed by atoms with Gasteiger partial charge in [0.1, 0.15) is 0 Å². The van der Waals surface area contributed by atoms with Crippen LogP contribution in [0, 0.1) is 11.3 Å². The summed E-state index contributed by atoms with van der Waals surface area (Å²) >= 11 is 0. The highest BCUT2D eigenvalue weighted by molar-refractivity contribution is 5.85. The first-order valence-electron chi connectivity index (χ1n) is 7.07. The summed E-state index contributed by atoms with van der Waals surface area (Å²) < 4.78 is 0. The second kappa shape index (κ2) is 8.76. The van der Waals surface area contributed by atoms with Crippen LogP contribution in [0.25, 0.3) is 0 Å². The molecular formula is C14H29ClN2O. The van der Waals surface area contributed by atoms with E-state index in [2.05, 4.69) is 31.4 Å². The van der Waals surface area contributed by atoms with Crippen LogP contribution in [0.3, 0.4) is 0 Å². The number of carbonyl (C=O) groups is 1. The number of carbonyl (C=O) groups excluding carboxylic acids is 1. The molecule has 0 atom stereocenters. The Labute approximate surface area is 118 Å². The second-order valence-electron chi connectivity index (χ2n) is 5.72. The first kappa shape index (κ1) is 17.7. The highest BCUT2D eigenvalue weighted by atomic mass is 35.5. The largest absolute Gasteiger partial charge is 0.356 e. The molecule has 0 aliphatic carbocycles. The summed E-state index contributed by atoms with van der Waals surface area (Å²) in [6.45, 7) is 9.61. The summed E-state index contributed by atoms with van der Waals surface area (Å²) in [5.74, 6) is 0.786. The molecule has 0 spiro atoms. The number of hydrogen-bond donors (Lipinski definition) is 2. The van der Waals surface area contributed by atoms with Gasteiger partial charge in [-0.2, -0.15) is 0 Å². The minimum atomic E-state index is 0. The van der Waals surface area contributed by atoms with Gasteiger partial charge in [-0.3, -0.25) is 4.79 Å². The Morgan fingerprint density at radius 2 is 1.83 bits per heavy atom. The van der Waals surface area contributed by atoms with Gasteiger partial charge in [-0.15, -0.1) is 12.4 Å². The predicted molar refractivity (Wildman–Crippen MR) is 79.2 cm³/mol. The van der Waals surface area contributed by atoms with Gasteiger partial charge in [0.15, 0.2) is 0 Å². The SMILES string of the molecule is CCC(CC)CC(=O)NCC1(C)CCNCC1.Cl. The highest BCUT2D eigenvalue weighted by Gasteiger charge is 2.27. The molecule has 1 aliphatic heterocycles. The molecule has 0 aromatic heterocycles. The monoisotopic (exact) mass is 276 g/mol. The van der Waals surface area contributed by atoms with Crippen molar-refractivity contribution >= 4 is 18.3 Å². The molecular weight excluding hydrogens is 248 g/mol. The lowest BCUT2D eigenvalue weighted by molar-refractivity contribution is -0.122. The van der Waals surface area contributed by atoms with Crippen molar-refractivity contribution in [3.63, 3.8) is 0 Å². The number of nitrogens with one attached hydrogen (secondary N) is 2. The molecule has 1 saturated heterocycles. The predicted octanol–water partition coefficient (Wildman–Crippen LogP) is 2.74. The van der Waals surface area contributed by atoms with Crippen molar-refractivity contribution in [1.29, 1.82) is 0 Å². The van der Waals surface area contributed by atoms with E-state index in [0.717, 1.165) is 45.3 Å². The lowest BCUT2D eigenvalue weighted by Gasteiger charge is -2.34. The number of amides is 1. The lowest BCUT2D eigenvalue weighted by atomic mass is 9.81. The van der Waals surface area contributed by atoms with Crippen LogP contribution in [-0.4, -0.2) is 25.5 Å². The summed E-state index contributed by atoms with van der Waals surface area (Å²) in [5.41, 5.74) is 0.300. The zero-order valence-corrected chi connectivity index (χ0v) is 12.9. The molecule has 0 aromatic carbocycles. The van der Waals surface area contributed by atoms with Crippen molar-refractivity contribution in [3.8, 4) is 0 Å². The van der Waals surface area contributed by atoms with E-state index in [-0.39, 0.29) is 18.3 Å². The van der Waals surface area contributed by atoms with Crippen molar-refractivity contribution in [3.05, 3.63) is 0 Å². The maximum absolute atomic E-state index is 11.8. The Hall–Kier alpha value is -0.280. The molecule has 0 aromatic rings. The zero-order valence-electron chi connectivity index (χ0n) is 12.1. The molecule has 0 saturated carbocycles. The molecule has 0 radical (unpaired) electrons. The topological polar surface area (TPSA) is 41.1 Å². The van der Waals surface area contributed by atoms with Gasteiger partial charge in [-0.25, -0.2) is 0 Å². The Kier molecular flexibility index (Phi) is 8.62. The smallest absolute Gasteiger partial charge is 0.220 e. The minimum Gasteiger partial charge on any atom is -0.356 e. The molecule has 1 amide bonds. The molecule has 108 valence electrons. The zero-order chi connectivity index (χ0) is 12.7. The maximum atomic E-state index is 11.8. The molecule has 1 fully saturated rings. The standard InChI is InChI=1S/C14H28N2O.ClH/c1-4-12(5-2)10-13(17)16-11-14(3)6-8-15-9-7-14;/h12,15H,4-11H2,1-3H3,(H,16,17);1H. The van der Waals surface area contributed by atoms with Gasteiger partial charge in [0.25, 0.3) is 0 Å². The lowest BCUT2D eigenvalue weighted by Crippen LogP contribution is -2.43. The minimum absolute atomic E-state index is 0. The van der Waals surface area contributed by atoms with Gasteiger partial charge >= 0.3 is 0 Å². The van der Waals surface area contributed by atoms with Crippen LogP contribution in [0.15, 0.2) is 0 Å². The fourth-order valence-corrected chi connectivity index (χ4v) is 2.43. The molecule has 3 nitrogen and oxygen atoms in total. The molecule has 1 aliphatic rings. The average Bonchev–Trinajstić information content (AvgIpc) is 2.34. The van der Waals surface area contributed by atoms with E-state index < -0.39 is 0 Å². The molecule has 1 rings (SSSR count). The Bertz CT molecular complexity index is 236. The third-order valence-electron chi connectivity index (χ3n) is 4.15. The third kappa shape index (κ3) is 6.05. The third-order valence-corrected chi connectivity index (χ3v) is 4.15. The van der Waals surface area contributed by atoms with E-state index in [1.807, 2.05) is 0 Å². The summed E-state index contributed by atoms with van der Waals surface area (Å²) in [6.07, 6.45) is 5.23. The Morgan fingerprint density at radius 3 is 2.33 bits per heavy atom.